The summed E-state index contributed by atoms with van der Waals surface area (Å²) in [6.45, 7) is 4.65. The molecule has 25 heavy (non-hydrogen) atoms. The van der Waals surface area contributed by atoms with Crippen molar-refractivity contribution in [2.24, 2.45) is 0 Å². The normalized spacial score (nSPS) is 14.2. The monoisotopic (exact) mass is 435 g/mol. The van der Waals surface area contributed by atoms with Crippen LogP contribution >= 0.6 is 38.6 Å². The number of thiophene rings is 2. The number of nitrogens with zero attached hydrogens (tertiary/aromatic N) is 3. The minimum atomic E-state index is 0.0531. The van der Waals surface area contributed by atoms with E-state index in [2.05, 4.69) is 20.9 Å². The van der Waals surface area contributed by atoms with Crippen molar-refractivity contribution in [3.05, 3.63) is 42.8 Å². The highest BCUT2D eigenvalue weighted by Crippen LogP contribution is 2.40. The van der Waals surface area contributed by atoms with Crippen molar-refractivity contribution in [3.63, 3.8) is 0 Å². The maximum Gasteiger partial charge on any atom is 0.264 e. The number of carbonyl (C=O) groups excluding carboxylic acids is 1. The third-order valence-corrected chi connectivity index (χ3v) is 7.28. The van der Waals surface area contributed by atoms with Gasteiger partial charge in [-0.2, -0.15) is 0 Å². The molecular formula is C18H18BrN3OS2. The predicted molar refractivity (Wildman–Crippen MR) is 107 cm³/mol. The van der Waals surface area contributed by atoms with E-state index in [-0.39, 0.29) is 5.91 Å². The Bertz CT molecular complexity index is 974. The molecule has 0 saturated heterocycles. The first-order chi connectivity index (χ1) is 11.9. The molecule has 0 bridgehead atoms. The molecule has 1 aliphatic carbocycles. The molecular weight excluding hydrogens is 418 g/mol. The van der Waals surface area contributed by atoms with Crippen molar-refractivity contribution in [3.8, 4) is 0 Å². The largest absolute Gasteiger partial charge is 0.336 e. The van der Waals surface area contributed by atoms with E-state index in [0.29, 0.717) is 12.5 Å². The first-order valence-electron chi connectivity index (χ1n) is 8.21. The van der Waals surface area contributed by atoms with Crippen LogP contribution in [0.5, 0.6) is 0 Å². The molecule has 0 aliphatic heterocycles. The van der Waals surface area contributed by atoms with Crippen LogP contribution in [0.4, 0.5) is 0 Å². The van der Waals surface area contributed by atoms with Gasteiger partial charge < -0.3 is 4.90 Å². The molecule has 0 aromatic carbocycles. The van der Waals surface area contributed by atoms with E-state index < -0.39 is 0 Å². The first-order valence-corrected chi connectivity index (χ1v) is 10.6. The molecule has 1 fully saturated rings. The molecule has 1 saturated carbocycles. The number of hydrogen-bond acceptors (Lipinski definition) is 5. The molecule has 3 aromatic rings. The smallest absolute Gasteiger partial charge is 0.264 e. The Kier molecular flexibility index (Phi) is 4.42. The standard InChI is InChI=1S/C18H18BrN3OS2/c1-9-14-10(2)20-16(11-4-5-11)21-17(14)25-15(9)18(23)22(3)8-12-6-7-13(19)24-12/h6-7,11H,4-5,8H2,1-3H3. The molecule has 4 rings (SSSR count). The number of fused-ring (bicyclic) bond motifs is 1. The van der Waals surface area contributed by atoms with Gasteiger partial charge in [0.15, 0.2) is 0 Å². The maximum atomic E-state index is 13.0. The Balaban J connectivity index is 1.66. The summed E-state index contributed by atoms with van der Waals surface area (Å²) in [7, 11) is 1.86. The van der Waals surface area contributed by atoms with Gasteiger partial charge in [-0.15, -0.1) is 22.7 Å². The van der Waals surface area contributed by atoms with E-state index in [1.54, 1.807) is 16.2 Å². The highest BCUT2D eigenvalue weighted by atomic mass is 79.9. The highest BCUT2D eigenvalue weighted by Gasteiger charge is 2.29. The van der Waals surface area contributed by atoms with Crippen molar-refractivity contribution >= 4 is 54.7 Å². The van der Waals surface area contributed by atoms with Crippen molar-refractivity contribution in [2.75, 3.05) is 7.05 Å². The molecule has 3 heterocycles. The highest BCUT2D eigenvalue weighted by molar-refractivity contribution is 9.11. The lowest BCUT2D eigenvalue weighted by Crippen LogP contribution is -2.25. The number of halogens is 1. The van der Waals surface area contributed by atoms with Crippen LogP contribution in [-0.2, 0) is 6.54 Å². The first kappa shape index (κ1) is 17.1. The SMILES string of the molecule is Cc1nc(C2CC2)nc2sc(C(=O)N(C)Cc3ccc(Br)s3)c(C)c12. The molecule has 1 aliphatic rings. The summed E-state index contributed by atoms with van der Waals surface area (Å²) in [5, 5.41) is 1.05. The number of hydrogen-bond donors (Lipinski definition) is 0. The molecule has 0 N–H and O–H groups in total. The van der Waals surface area contributed by atoms with Crippen molar-refractivity contribution in [1.29, 1.82) is 0 Å². The molecule has 1 amide bonds. The fraction of sp³-hybridized carbons (Fsp3) is 0.389. The molecule has 4 nitrogen and oxygen atoms in total. The Labute approximate surface area is 163 Å². The lowest BCUT2D eigenvalue weighted by Gasteiger charge is -2.15. The second kappa shape index (κ2) is 6.45. The Morgan fingerprint density at radius 1 is 1.28 bits per heavy atom. The molecule has 0 unspecified atom stereocenters. The summed E-state index contributed by atoms with van der Waals surface area (Å²) in [5.41, 5.74) is 1.99. The minimum absolute atomic E-state index is 0.0531. The zero-order valence-electron chi connectivity index (χ0n) is 14.3. The second-order valence-electron chi connectivity index (χ2n) is 6.54. The molecule has 130 valence electrons. The van der Waals surface area contributed by atoms with Gasteiger partial charge in [-0.25, -0.2) is 9.97 Å². The van der Waals surface area contributed by atoms with Crippen LogP contribution in [-0.4, -0.2) is 27.8 Å². The van der Waals surface area contributed by atoms with Gasteiger partial charge in [0.1, 0.15) is 10.7 Å². The Morgan fingerprint density at radius 2 is 2.04 bits per heavy atom. The van der Waals surface area contributed by atoms with Crippen molar-refractivity contribution < 1.29 is 4.79 Å². The number of amides is 1. The van der Waals surface area contributed by atoms with Crippen molar-refractivity contribution in [2.45, 2.75) is 39.2 Å². The zero-order valence-corrected chi connectivity index (χ0v) is 17.5. The van der Waals surface area contributed by atoms with Crippen LogP contribution in [0.3, 0.4) is 0 Å². The molecule has 0 radical (unpaired) electrons. The lowest BCUT2D eigenvalue weighted by atomic mass is 10.1. The zero-order chi connectivity index (χ0) is 17.7. The van der Waals surface area contributed by atoms with Gasteiger partial charge in [0, 0.05) is 23.2 Å². The van der Waals surface area contributed by atoms with Gasteiger partial charge in [-0.05, 0) is 60.3 Å². The Hall–Kier alpha value is -1.31. The molecule has 0 atom stereocenters. The lowest BCUT2D eigenvalue weighted by molar-refractivity contribution is 0.0790. The summed E-state index contributed by atoms with van der Waals surface area (Å²) < 4.78 is 1.08. The number of rotatable bonds is 4. The Morgan fingerprint density at radius 3 is 2.68 bits per heavy atom. The van der Waals surface area contributed by atoms with E-state index >= 15 is 0 Å². The van der Waals surface area contributed by atoms with Crippen LogP contribution in [0.15, 0.2) is 15.9 Å². The quantitative estimate of drug-likeness (QED) is 0.559. The van der Waals surface area contributed by atoms with Crippen molar-refractivity contribution in [1.82, 2.24) is 14.9 Å². The predicted octanol–water partition coefficient (Wildman–Crippen LogP) is 5.28. The fourth-order valence-corrected chi connectivity index (χ4v) is 5.77. The number of aryl methyl sites for hydroxylation is 2. The minimum Gasteiger partial charge on any atom is -0.336 e. The summed E-state index contributed by atoms with van der Waals surface area (Å²) >= 11 is 6.63. The topological polar surface area (TPSA) is 46.1 Å². The number of carbonyl (C=O) groups is 1. The van der Waals surface area contributed by atoms with E-state index in [4.69, 9.17) is 4.98 Å². The van der Waals surface area contributed by atoms with Crippen LogP contribution < -0.4 is 0 Å². The molecule has 3 aromatic heterocycles. The summed E-state index contributed by atoms with van der Waals surface area (Å²) in [6.07, 6.45) is 2.36. The third-order valence-electron chi connectivity index (χ3n) is 4.49. The summed E-state index contributed by atoms with van der Waals surface area (Å²) in [5.74, 6) is 1.52. The number of aromatic nitrogens is 2. The molecule has 0 spiro atoms. The van der Waals surface area contributed by atoms with Gasteiger partial charge in [-0.3, -0.25) is 4.79 Å². The van der Waals surface area contributed by atoms with E-state index in [1.165, 1.54) is 24.2 Å². The molecule has 7 heteroatoms. The van der Waals surface area contributed by atoms with Crippen LogP contribution in [0.1, 0.15) is 50.4 Å². The summed E-state index contributed by atoms with van der Waals surface area (Å²) in [6, 6.07) is 4.06. The van der Waals surface area contributed by atoms with Gasteiger partial charge in [0.2, 0.25) is 0 Å². The van der Waals surface area contributed by atoms with Gasteiger partial charge in [0.05, 0.1) is 20.9 Å². The summed E-state index contributed by atoms with van der Waals surface area (Å²) in [4.78, 5) is 27.1. The third kappa shape index (κ3) is 3.25. The van der Waals surface area contributed by atoms with Gasteiger partial charge in [0.25, 0.3) is 5.91 Å². The van der Waals surface area contributed by atoms with Crippen LogP contribution in [0.25, 0.3) is 10.2 Å². The van der Waals surface area contributed by atoms with Crippen LogP contribution in [0, 0.1) is 13.8 Å². The maximum absolute atomic E-state index is 13.0. The van der Waals surface area contributed by atoms with Gasteiger partial charge >= 0.3 is 0 Å². The fourth-order valence-electron chi connectivity index (χ4n) is 3.00. The average molecular weight is 436 g/mol. The van der Waals surface area contributed by atoms with E-state index in [0.717, 1.165) is 40.8 Å². The van der Waals surface area contributed by atoms with Crippen LogP contribution in [0.2, 0.25) is 0 Å². The van der Waals surface area contributed by atoms with E-state index in [1.807, 2.05) is 33.0 Å². The average Bonchev–Trinajstić information content (AvgIpc) is 3.26. The van der Waals surface area contributed by atoms with E-state index in [9.17, 15) is 4.79 Å². The second-order valence-corrected chi connectivity index (χ2v) is 10.1. The van der Waals surface area contributed by atoms with Gasteiger partial charge in [-0.1, -0.05) is 0 Å².